The number of aryl methyl sites for hydroxylation is 1. The summed E-state index contributed by atoms with van der Waals surface area (Å²) < 4.78 is 32.5. The van der Waals surface area contributed by atoms with Crippen LogP contribution in [0.3, 0.4) is 0 Å². The third-order valence-electron chi connectivity index (χ3n) is 10.5. The van der Waals surface area contributed by atoms with E-state index in [1.165, 1.54) is 35.6 Å². The van der Waals surface area contributed by atoms with Gasteiger partial charge < -0.3 is 42.1 Å². The van der Waals surface area contributed by atoms with Crippen LogP contribution < -0.4 is 31.9 Å². The first kappa shape index (κ1) is 47.7. The molecule has 7 rings (SSSR count). The Kier molecular flexibility index (Phi) is 16.3. The fourth-order valence-electron chi connectivity index (χ4n) is 7.00. The van der Waals surface area contributed by atoms with Crippen molar-refractivity contribution in [3.05, 3.63) is 148 Å². The molecule has 17 nitrogen and oxygen atoms in total. The molecule has 0 aliphatic carbocycles. The Hall–Kier alpha value is -6.77. The van der Waals surface area contributed by atoms with Crippen molar-refractivity contribution in [1.82, 2.24) is 26.6 Å². The number of hydrogen-bond acceptors (Lipinski definition) is 11. The van der Waals surface area contributed by atoms with Gasteiger partial charge in [0.05, 0.1) is 0 Å². The van der Waals surface area contributed by atoms with E-state index in [9.17, 15) is 52.0 Å². The molecule has 6 atom stereocenters. The summed E-state index contributed by atoms with van der Waals surface area (Å²) in [6, 6.07) is 29.3. The standard InChI is InChI=1S/C46H48N6O11S2/c53-39-40(54)46(60)52-38(26-34-12-7-23-64-34)44(58)51-37(25-29-13-18-32(19-14-29)31-10-5-2-6-11-31)43(57)49-35(22-17-28-8-3-1-4-9-28)42(56)50-36(41(55)47-27-65(61,62)63)24-30-15-20-33(21-16-30)48-45(39)59/h1-16,18-21,23,35-40,53-54H,17,22,24-27H2,(H,47,55)(H,48,59)(H,49,57)(H,50,56)(H,51,58)(H,52,60)(H,61,62,63)/t35-,36+,37+,38-,39-,40-/m1/s1. The molecule has 9 N–H and O–H groups in total. The summed E-state index contributed by atoms with van der Waals surface area (Å²) in [5.74, 6) is -7.10. The lowest BCUT2D eigenvalue weighted by Gasteiger charge is -2.27. The van der Waals surface area contributed by atoms with E-state index >= 15 is 0 Å². The zero-order valence-corrected chi connectivity index (χ0v) is 36.4. The molecule has 4 aromatic carbocycles. The molecule has 0 saturated heterocycles. The normalized spacial score (nSPS) is 21.4. The van der Waals surface area contributed by atoms with Crippen molar-refractivity contribution in [3.63, 3.8) is 0 Å². The predicted molar refractivity (Wildman–Crippen MR) is 241 cm³/mol. The first-order chi connectivity index (χ1) is 31.1. The van der Waals surface area contributed by atoms with Gasteiger partial charge in [-0.1, -0.05) is 103 Å². The van der Waals surface area contributed by atoms with Crippen LogP contribution in [0, 0.1) is 0 Å². The van der Waals surface area contributed by atoms with E-state index in [0.29, 0.717) is 16.0 Å². The van der Waals surface area contributed by atoms with Crippen LogP contribution >= 0.6 is 11.3 Å². The lowest BCUT2D eigenvalue weighted by molar-refractivity contribution is -0.144. The third kappa shape index (κ3) is 14.1. The Labute approximate surface area is 378 Å². The Morgan fingerprint density at radius 3 is 1.82 bits per heavy atom. The molecule has 0 saturated carbocycles. The molecule has 1 aromatic heterocycles. The van der Waals surface area contributed by atoms with Crippen molar-refractivity contribution in [3.8, 4) is 11.1 Å². The van der Waals surface area contributed by atoms with Crippen LogP contribution in [0.1, 0.15) is 28.0 Å². The van der Waals surface area contributed by atoms with E-state index < -0.39 is 87.8 Å². The maximum Gasteiger partial charge on any atom is 0.283 e. The Balaban J connectivity index is 1.38. The largest absolute Gasteiger partial charge is 0.380 e. The number of fused-ring (bicyclic) bond motifs is 18. The highest BCUT2D eigenvalue weighted by Gasteiger charge is 2.36. The number of benzene rings is 4. The van der Waals surface area contributed by atoms with Gasteiger partial charge in [-0.05, 0) is 64.2 Å². The van der Waals surface area contributed by atoms with Crippen molar-refractivity contribution in [2.24, 2.45) is 0 Å². The van der Waals surface area contributed by atoms with Gasteiger partial charge in [-0.2, -0.15) is 8.42 Å². The lowest BCUT2D eigenvalue weighted by Crippen LogP contribution is -2.60. The number of thiophene rings is 1. The Morgan fingerprint density at radius 2 is 1.18 bits per heavy atom. The summed E-state index contributed by atoms with van der Waals surface area (Å²) in [4.78, 5) is 83.8. The van der Waals surface area contributed by atoms with E-state index in [2.05, 4.69) is 31.9 Å². The molecule has 3 heterocycles. The Morgan fingerprint density at radius 1 is 0.615 bits per heavy atom. The van der Waals surface area contributed by atoms with Crippen LogP contribution in [0.25, 0.3) is 11.1 Å². The van der Waals surface area contributed by atoms with Crippen molar-refractivity contribution >= 4 is 62.6 Å². The van der Waals surface area contributed by atoms with Gasteiger partial charge >= 0.3 is 0 Å². The van der Waals surface area contributed by atoms with E-state index in [-0.39, 0.29) is 37.8 Å². The summed E-state index contributed by atoms with van der Waals surface area (Å²) in [5.41, 5.74) is 3.73. The van der Waals surface area contributed by atoms with Gasteiger partial charge in [0.15, 0.2) is 12.2 Å². The van der Waals surface area contributed by atoms with Gasteiger partial charge in [-0.25, -0.2) is 0 Å². The second-order valence-corrected chi connectivity index (χ2v) is 17.9. The first-order valence-electron chi connectivity index (χ1n) is 20.5. The van der Waals surface area contributed by atoms with Gasteiger partial charge in [-0.15, -0.1) is 11.3 Å². The number of hydrogen-bond donors (Lipinski definition) is 9. The lowest BCUT2D eigenvalue weighted by atomic mass is 9.99. The smallest absolute Gasteiger partial charge is 0.283 e. The molecule has 0 radical (unpaired) electrons. The molecule has 0 spiro atoms. The van der Waals surface area contributed by atoms with Crippen LogP contribution in [0.5, 0.6) is 0 Å². The summed E-state index contributed by atoms with van der Waals surface area (Å²) in [6.45, 7) is 0. The topological polar surface area (TPSA) is 269 Å². The molecular weight excluding hydrogens is 877 g/mol. The number of aliphatic hydroxyl groups is 2. The second-order valence-electron chi connectivity index (χ2n) is 15.4. The minimum absolute atomic E-state index is 0.000938. The molecule has 0 fully saturated rings. The molecular formula is C46H48N6O11S2. The SMILES string of the molecule is O=C(NCS(=O)(=O)O)[C@@H]1Cc2ccc(cc2)NC(=O)[C@H](O)[C@@H](O)C(=O)N[C@H](Cc2cccs2)C(=O)N[C@@H](Cc2ccc(-c3ccccc3)cc2)C(=O)N[C@H](CCc2ccccc2)C(=O)N1. The zero-order chi connectivity index (χ0) is 46.5. The van der Waals surface area contributed by atoms with Crippen molar-refractivity contribution in [2.75, 3.05) is 11.2 Å². The molecule has 340 valence electrons. The van der Waals surface area contributed by atoms with Crippen LogP contribution in [0.2, 0.25) is 0 Å². The van der Waals surface area contributed by atoms with E-state index in [1.807, 2.05) is 60.7 Å². The number of anilines is 1. The quantitative estimate of drug-likeness (QED) is 0.0679. The predicted octanol–water partition coefficient (Wildman–Crippen LogP) is 1.65. The van der Waals surface area contributed by atoms with Crippen LogP contribution in [0.4, 0.5) is 5.69 Å². The highest BCUT2D eigenvalue weighted by Crippen LogP contribution is 2.21. The fourth-order valence-corrected chi connectivity index (χ4v) is 8.08. The zero-order valence-electron chi connectivity index (χ0n) is 34.8. The molecule has 19 heteroatoms. The highest BCUT2D eigenvalue weighted by atomic mass is 32.2. The number of carbonyl (C=O) groups is 6. The van der Waals surface area contributed by atoms with Gasteiger partial charge in [0.2, 0.25) is 23.6 Å². The van der Waals surface area contributed by atoms with Crippen molar-refractivity contribution < 1.29 is 52.0 Å². The van der Waals surface area contributed by atoms with Crippen LogP contribution in [-0.4, -0.2) is 101 Å². The molecule has 2 aliphatic heterocycles. The molecule has 5 aromatic rings. The average Bonchev–Trinajstić information content (AvgIpc) is 3.82. The Bertz CT molecular complexity index is 2550. The van der Waals surface area contributed by atoms with Gasteiger partial charge in [-0.3, -0.25) is 33.3 Å². The van der Waals surface area contributed by atoms with Crippen molar-refractivity contribution in [1.29, 1.82) is 0 Å². The van der Waals surface area contributed by atoms with Gasteiger partial charge in [0, 0.05) is 29.8 Å². The summed E-state index contributed by atoms with van der Waals surface area (Å²) in [5, 5.41) is 38.4. The minimum atomic E-state index is -4.68. The molecule has 2 aliphatic rings. The fraction of sp³-hybridized carbons (Fsp3) is 0.261. The first-order valence-corrected chi connectivity index (χ1v) is 23.0. The van der Waals surface area contributed by atoms with Crippen LogP contribution in [-0.2, 0) is 64.6 Å². The minimum Gasteiger partial charge on any atom is -0.380 e. The molecule has 65 heavy (non-hydrogen) atoms. The van der Waals surface area contributed by atoms with E-state index in [1.54, 1.807) is 41.8 Å². The second kappa shape index (κ2) is 22.2. The van der Waals surface area contributed by atoms with Gasteiger partial charge in [0.1, 0.15) is 30.0 Å². The summed E-state index contributed by atoms with van der Waals surface area (Å²) >= 11 is 1.27. The molecule has 6 amide bonds. The number of amides is 6. The maximum atomic E-state index is 14.6. The number of aliphatic hydroxyl groups excluding tert-OH is 2. The summed E-state index contributed by atoms with van der Waals surface area (Å²) in [6.07, 6.45) is -4.84. The number of rotatable bonds is 11. The highest BCUT2D eigenvalue weighted by molar-refractivity contribution is 7.85. The van der Waals surface area contributed by atoms with E-state index in [0.717, 1.165) is 16.7 Å². The monoisotopic (exact) mass is 924 g/mol. The number of carbonyl (C=O) groups excluding carboxylic acids is 6. The van der Waals surface area contributed by atoms with Crippen LogP contribution in [0.15, 0.2) is 127 Å². The van der Waals surface area contributed by atoms with Gasteiger partial charge in [0.25, 0.3) is 21.9 Å². The summed E-state index contributed by atoms with van der Waals surface area (Å²) in [7, 11) is -4.68. The third-order valence-corrected chi connectivity index (χ3v) is 11.9. The number of nitrogens with one attached hydrogen (secondary N) is 6. The average molecular weight is 925 g/mol. The molecule has 0 unspecified atom stereocenters. The van der Waals surface area contributed by atoms with Crippen molar-refractivity contribution in [2.45, 2.75) is 68.5 Å². The maximum absolute atomic E-state index is 14.6. The molecule has 2 bridgehead atoms. The van der Waals surface area contributed by atoms with E-state index in [4.69, 9.17) is 0 Å².